The van der Waals surface area contributed by atoms with E-state index in [-0.39, 0.29) is 59.2 Å². The number of nitrogens with one attached hydrogen (secondary N) is 1. The fourth-order valence-corrected chi connectivity index (χ4v) is 11.3. The monoisotopic (exact) mass is 930 g/mol. The first-order valence-corrected chi connectivity index (χ1v) is 22.4. The van der Waals surface area contributed by atoms with E-state index in [9.17, 15) is 36.3 Å². The number of carbonyl (C=O) groups excluding carboxylic acids is 3. The fraction of sp³-hybridized carbons (Fsp3) is 0.474. The van der Waals surface area contributed by atoms with E-state index >= 15 is 0 Å². The van der Waals surface area contributed by atoms with Gasteiger partial charge in [0, 0.05) is 71.9 Å². The lowest BCUT2D eigenvalue weighted by molar-refractivity contribution is -0.120. The van der Waals surface area contributed by atoms with Gasteiger partial charge in [-0.15, -0.1) is 0 Å². The van der Waals surface area contributed by atoms with Gasteiger partial charge in [-0.1, -0.05) is 23.2 Å². The number of sulfonamides is 2. The molecule has 2 amide bonds. The summed E-state index contributed by atoms with van der Waals surface area (Å²) in [4.78, 5) is 40.8. The van der Waals surface area contributed by atoms with E-state index in [0.29, 0.717) is 22.7 Å². The van der Waals surface area contributed by atoms with Gasteiger partial charge in [0.25, 0.3) is 0 Å². The van der Waals surface area contributed by atoms with Crippen LogP contribution in [0.4, 0.5) is 9.59 Å². The van der Waals surface area contributed by atoms with Gasteiger partial charge in [0.15, 0.2) is 5.78 Å². The molecule has 3 fully saturated rings. The van der Waals surface area contributed by atoms with E-state index in [2.05, 4.69) is 21.9 Å². The molecule has 19 nitrogen and oxygen atoms in total. The van der Waals surface area contributed by atoms with Crippen molar-refractivity contribution in [2.45, 2.75) is 99.5 Å². The van der Waals surface area contributed by atoms with Gasteiger partial charge in [-0.2, -0.15) is 13.7 Å². The van der Waals surface area contributed by atoms with Crippen LogP contribution in [0.3, 0.4) is 0 Å². The van der Waals surface area contributed by atoms with E-state index in [1.165, 1.54) is 49.9 Å². The van der Waals surface area contributed by atoms with Crippen LogP contribution in [0.2, 0.25) is 10.0 Å². The largest absolute Gasteiger partial charge is 0.515 e. The van der Waals surface area contributed by atoms with Crippen LogP contribution in [0.25, 0.3) is 0 Å². The van der Waals surface area contributed by atoms with Crippen molar-refractivity contribution in [2.75, 3.05) is 26.2 Å². The zero-order chi connectivity index (χ0) is 44.5. The summed E-state index contributed by atoms with van der Waals surface area (Å²) >= 11 is 11.8. The normalized spacial score (nSPS) is 22.4. The number of aromatic amines is 1. The van der Waals surface area contributed by atoms with Crippen molar-refractivity contribution in [3.05, 3.63) is 87.9 Å². The second-order valence-corrected chi connectivity index (χ2v) is 21.0. The highest BCUT2D eigenvalue weighted by Crippen LogP contribution is 2.41. The number of amides is 2. The number of ether oxygens (including phenoxy) is 2. The van der Waals surface area contributed by atoms with Gasteiger partial charge in [0.2, 0.25) is 20.0 Å². The first-order valence-electron chi connectivity index (χ1n) is 18.8. The maximum atomic E-state index is 13.5. The van der Waals surface area contributed by atoms with Crippen molar-refractivity contribution in [1.29, 1.82) is 0 Å². The third-order valence-electron chi connectivity index (χ3n) is 9.86. The van der Waals surface area contributed by atoms with Crippen LogP contribution in [0.1, 0.15) is 65.3 Å². The molecule has 4 atom stereocenters. The molecular formula is C38H52Cl2N8O11S2. The number of hydrogen-bond donors (Lipinski definition) is 4. The molecule has 23 heteroatoms. The number of piperazine rings is 2. The number of fused-ring (bicyclic) bond motifs is 6. The van der Waals surface area contributed by atoms with Crippen molar-refractivity contribution in [1.82, 2.24) is 28.6 Å². The Hall–Kier alpha value is -4.32. The molecule has 4 aliphatic heterocycles. The molecule has 0 radical (unpaired) electrons. The molecule has 0 spiro atoms. The predicted octanol–water partition coefficient (Wildman–Crippen LogP) is 3.70. The average Bonchev–Trinajstić information content (AvgIpc) is 3.62. The highest BCUT2D eigenvalue weighted by molar-refractivity contribution is 7.89. The number of aliphatic hydroxyl groups excluding tert-OH is 1. The molecule has 0 aliphatic carbocycles. The fourth-order valence-electron chi connectivity index (χ4n) is 7.51. The number of nitrogens with two attached hydrogens (primary N) is 2. The minimum Gasteiger partial charge on any atom is -0.515 e. The number of ketones is 1. The number of Topliss-reactive ketones (excluding diaryl/α,β-unsaturated/α-hetero) is 1. The van der Waals surface area contributed by atoms with E-state index in [1.807, 2.05) is 0 Å². The number of nitrogens with zero attached hydrogens (tertiary/aromatic N) is 5. The number of piperidine rings is 1. The summed E-state index contributed by atoms with van der Waals surface area (Å²) < 4.78 is 67.2. The molecule has 3 saturated heterocycles. The summed E-state index contributed by atoms with van der Waals surface area (Å²) in [6.45, 7) is 11.0. The Kier molecular flexibility index (Phi) is 15.3. The molecule has 5 heterocycles. The molecule has 4 unspecified atom stereocenters. The lowest BCUT2D eigenvalue weighted by Crippen LogP contribution is -2.66. The Morgan fingerprint density at radius 2 is 1.16 bits per heavy atom. The van der Waals surface area contributed by atoms with Crippen LogP contribution >= 0.6 is 23.2 Å². The standard InChI is InChI=1S/C19H23ClN4O4S.C19H23ClN2O6S.H4N2.H2O/c1-19(2,3)28-18(25)23-10-13-8-16-15(9-21-22-16)17(11-23)24(13)29(26,27)14-6-4-12(20)5-7-14;1-19(2,3)28-18(25)21-9-13-8-17(24)15(11-23)16(10-21)22(13)29(26,27)14-6-4-12(20)5-7-14;1-2;/h4-7,9,13,17H,8,10-11H2,1-3H3,(H,21,22);4-7,11,13,16,23H,8-10H2,1-3H3;1-2H2;1H2/b;15-11-;;. The summed E-state index contributed by atoms with van der Waals surface area (Å²) in [6, 6.07) is 9.10. The molecular weight excluding hydrogens is 880 g/mol. The molecule has 4 bridgehead atoms. The van der Waals surface area contributed by atoms with Crippen molar-refractivity contribution < 1.29 is 51.3 Å². The summed E-state index contributed by atoms with van der Waals surface area (Å²) in [5.74, 6) is 7.66. The Balaban J connectivity index is 0.000000254. The number of benzene rings is 2. The summed E-state index contributed by atoms with van der Waals surface area (Å²) in [7, 11) is -7.79. The average molecular weight is 932 g/mol. The van der Waals surface area contributed by atoms with E-state index in [4.69, 9.17) is 32.7 Å². The van der Waals surface area contributed by atoms with E-state index < -0.39 is 67.6 Å². The number of aromatic nitrogens is 2. The highest BCUT2D eigenvalue weighted by atomic mass is 35.5. The van der Waals surface area contributed by atoms with Gasteiger partial charge in [-0.05, 0) is 90.1 Å². The van der Waals surface area contributed by atoms with Crippen LogP contribution in [-0.4, -0.2) is 130 Å². The van der Waals surface area contributed by atoms with Gasteiger partial charge in [-0.3, -0.25) is 21.6 Å². The molecule has 2 aromatic carbocycles. The van der Waals surface area contributed by atoms with Crippen LogP contribution in [-0.2, 0) is 40.7 Å². The third kappa shape index (κ3) is 10.8. The number of hydrogen-bond acceptors (Lipinski definition) is 13. The topological polar surface area (TPSA) is 283 Å². The minimum atomic E-state index is -4.00. The molecule has 61 heavy (non-hydrogen) atoms. The van der Waals surface area contributed by atoms with Crippen molar-refractivity contribution in [2.24, 2.45) is 11.7 Å². The first kappa shape index (κ1) is 49.3. The number of rotatable bonds is 4. The maximum absolute atomic E-state index is 13.5. The van der Waals surface area contributed by atoms with Crippen LogP contribution < -0.4 is 11.7 Å². The number of hydrazine groups is 1. The summed E-state index contributed by atoms with van der Waals surface area (Å²) in [6.07, 6.45) is 1.53. The minimum absolute atomic E-state index is 0. The SMILES string of the molecule is CC(C)(C)OC(=O)N1CC2CC(=O)/C(=C\O)C(C1)N2S(=O)(=O)c1ccc(Cl)cc1.CC(C)(C)OC(=O)N1CC2Cc3[nH]ncc3C(C1)N2S(=O)(=O)c1ccc(Cl)cc1.NN.O. The lowest BCUT2D eigenvalue weighted by Gasteiger charge is -2.48. The summed E-state index contributed by atoms with van der Waals surface area (Å²) in [5.41, 5.74) is 0.300. The Labute approximate surface area is 364 Å². The smallest absolute Gasteiger partial charge is 0.410 e. The van der Waals surface area contributed by atoms with Gasteiger partial charge in [0.1, 0.15) is 11.2 Å². The molecule has 8 N–H and O–H groups in total. The Morgan fingerprint density at radius 1 is 0.754 bits per heavy atom. The second-order valence-electron chi connectivity index (χ2n) is 16.4. The van der Waals surface area contributed by atoms with Crippen molar-refractivity contribution in [3.8, 4) is 0 Å². The third-order valence-corrected chi connectivity index (χ3v) is 14.3. The Bertz CT molecular complexity index is 2320. The zero-order valence-electron chi connectivity index (χ0n) is 34.4. The quantitative estimate of drug-likeness (QED) is 0.126. The van der Waals surface area contributed by atoms with E-state index in [0.717, 1.165) is 11.3 Å². The van der Waals surface area contributed by atoms with Crippen molar-refractivity contribution >= 4 is 61.2 Å². The van der Waals surface area contributed by atoms with Crippen LogP contribution in [0, 0.1) is 0 Å². The lowest BCUT2D eigenvalue weighted by atomic mass is 9.89. The number of halogens is 2. The number of carbonyl (C=O) groups is 3. The highest BCUT2D eigenvalue weighted by Gasteiger charge is 2.52. The van der Waals surface area contributed by atoms with Gasteiger partial charge in [-0.25, -0.2) is 26.4 Å². The number of H-pyrrole nitrogens is 1. The molecule has 3 aromatic rings. The van der Waals surface area contributed by atoms with Gasteiger partial charge < -0.3 is 29.9 Å². The zero-order valence-corrected chi connectivity index (χ0v) is 37.6. The molecule has 4 aliphatic rings. The molecule has 0 saturated carbocycles. The van der Waals surface area contributed by atoms with Gasteiger partial charge >= 0.3 is 12.2 Å². The number of likely N-dealkylation sites (tertiary alicyclic amines) is 1. The van der Waals surface area contributed by atoms with E-state index in [1.54, 1.807) is 64.8 Å². The van der Waals surface area contributed by atoms with Crippen LogP contribution in [0.5, 0.6) is 0 Å². The predicted molar refractivity (Wildman–Crippen MR) is 225 cm³/mol. The molecule has 1 aromatic heterocycles. The first-order chi connectivity index (χ1) is 28.0. The number of aliphatic hydroxyl groups is 1. The van der Waals surface area contributed by atoms with Crippen molar-refractivity contribution in [3.63, 3.8) is 0 Å². The van der Waals surface area contributed by atoms with Crippen LogP contribution in [0.15, 0.2) is 76.4 Å². The maximum Gasteiger partial charge on any atom is 0.410 e. The molecule has 336 valence electrons. The van der Waals surface area contributed by atoms with Gasteiger partial charge in [0.05, 0.1) is 40.4 Å². The molecule has 7 rings (SSSR count). The summed E-state index contributed by atoms with van der Waals surface area (Å²) in [5, 5.41) is 17.5. The Morgan fingerprint density at radius 3 is 1.59 bits per heavy atom. The second kappa shape index (κ2) is 19.0.